The molecule has 4 heteroatoms. The van der Waals surface area contributed by atoms with Gasteiger partial charge in [0, 0.05) is 0 Å². The normalized spacial score (nSPS) is 9.86. The summed E-state index contributed by atoms with van der Waals surface area (Å²) in [5.41, 5.74) is 7.51. The van der Waals surface area contributed by atoms with Crippen LogP contribution in [0.4, 0.5) is 5.69 Å². The van der Waals surface area contributed by atoms with Crippen LogP contribution < -0.4 is 16.6 Å². The minimum absolute atomic E-state index is 0.174. The second kappa shape index (κ2) is 4.93. The number of hydrogen-bond donors (Lipinski definition) is 2. The van der Waals surface area contributed by atoms with Crippen molar-refractivity contribution in [3.05, 3.63) is 29.8 Å². The molecule has 3 nitrogen and oxygen atoms in total. The summed E-state index contributed by atoms with van der Waals surface area (Å²) in [5.74, 6) is 5.63. The summed E-state index contributed by atoms with van der Waals surface area (Å²) < 4.78 is 0. The van der Waals surface area contributed by atoms with Gasteiger partial charge >= 0.3 is 0 Å². The fraction of sp³-hybridized carbons (Fsp3) is 0.300. The minimum atomic E-state index is 0.174. The van der Waals surface area contributed by atoms with E-state index in [0.29, 0.717) is 0 Å². The van der Waals surface area contributed by atoms with Gasteiger partial charge < -0.3 is 5.73 Å². The summed E-state index contributed by atoms with van der Waals surface area (Å²) >= 11 is 4.76. The fourth-order valence-electron chi connectivity index (χ4n) is 1.24. The molecule has 0 unspecified atom stereocenters. The molecule has 1 aromatic carbocycles. The molecule has 0 aliphatic rings. The second-order valence-electron chi connectivity index (χ2n) is 3.12. The smallest absolute Gasteiger partial charge is 0.185 e. The van der Waals surface area contributed by atoms with Crippen LogP contribution in [0.5, 0.6) is 0 Å². The molecule has 0 heterocycles. The van der Waals surface area contributed by atoms with Crippen molar-refractivity contribution < 1.29 is 0 Å². The molecule has 0 fully saturated rings. The van der Waals surface area contributed by atoms with Gasteiger partial charge in [0.25, 0.3) is 0 Å². The van der Waals surface area contributed by atoms with Crippen LogP contribution in [0.2, 0.25) is 0 Å². The molecule has 0 aliphatic carbocycles. The van der Waals surface area contributed by atoms with E-state index in [1.807, 2.05) is 24.3 Å². The molecule has 0 spiro atoms. The number of benzene rings is 1. The maximum atomic E-state index is 5.63. The maximum Gasteiger partial charge on any atom is 0.185 e. The Kier molecular flexibility index (Phi) is 3.85. The number of rotatable bonds is 3. The third-order valence-electron chi connectivity index (χ3n) is 1.99. The molecule has 1 aromatic rings. The van der Waals surface area contributed by atoms with Crippen LogP contribution >= 0.6 is 12.2 Å². The van der Waals surface area contributed by atoms with Crippen molar-refractivity contribution >= 4 is 23.0 Å². The molecule has 0 aliphatic heterocycles. The average Bonchev–Trinajstić information content (AvgIpc) is 2.18. The highest BCUT2D eigenvalue weighted by Crippen LogP contribution is 2.13. The third kappa shape index (κ3) is 2.68. The summed E-state index contributed by atoms with van der Waals surface area (Å²) in [7, 11) is 0. The van der Waals surface area contributed by atoms with Gasteiger partial charge in [-0.05, 0) is 36.3 Å². The largest absolute Gasteiger partial charge is 0.375 e. The maximum absolute atomic E-state index is 5.63. The summed E-state index contributed by atoms with van der Waals surface area (Å²) in [5, 5.41) is 1.47. The second-order valence-corrected chi connectivity index (χ2v) is 3.54. The number of hydrogen-bond acceptors (Lipinski definition) is 2. The molecule has 1 rings (SSSR count). The van der Waals surface area contributed by atoms with E-state index in [-0.39, 0.29) is 5.11 Å². The van der Waals surface area contributed by atoms with E-state index in [1.54, 1.807) is 0 Å². The van der Waals surface area contributed by atoms with Gasteiger partial charge in [-0.1, -0.05) is 25.5 Å². The van der Waals surface area contributed by atoms with Crippen molar-refractivity contribution in [2.45, 2.75) is 19.8 Å². The first-order valence-electron chi connectivity index (χ1n) is 4.58. The summed E-state index contributed by atoms with van der Waals surface area (Å²) in [6.07, 6.45) is 2.22. The molecule has 0 bridgehead atoms. The van der Waals surface area contributed by atoms with Crippen LogP contribution in [0.3, 0.4) is 0 Å². The first-order chi connectivity index (χ1) is 6.65. The first-order valence-corrected chi connectivity index (χ1v) is 4.99. The van der Waals surface area contributed by atoms with Crippen molar-refractivity contribution in [2.75, 3.05) is 5.01 Å². The molecule has 0 saturated carbocycles. The molecule has 76 valence electrons. The van der Waals surface area contributed by atoms with Gasteiger partial charge in [-0.25, -0.2) is 5.84 Å². The van der Waals surface area contributed by atoms with Gasteiger partial charge in [-0.2, -0.15) is 0 Å². The van der Waals surface area contributed by atoms with E-state index in [1.165, 1.54) is 10.6 Å². The van der Waals surface area contributed by atoms with Crippen molar-refractivity contribution in [3.63, 3.8) is 0 Å². The molecular formula is C10H15N3S. The lowest BCUT2D eigenvalue weighted by molar-refractivity contribution is 0.921. The van der Waals surface area contributed by atoms with Crippen molar-refractivity contribution in [3.8, 4) is 0 Å². The molecule has 0 saturated heterocycles. The van der Waals surface area contributed by atoms with Crippen LogP contribution in [-0.4, -0.2) is 5.11 Å². The summed E-state index contributed by atoms with van der Waals surface area (Å²) in [6.45, 7) is 2.15. The van der Waals surface area contributed by atoms with Gasteiger partial charge in [0.15, 0.2) is 5.11 Å². The molecule has 0 amide bonds. The van der Waals surface area contributed by atoms with E-state index in [0.717, 1.165) is 18.5 Å². The lowest BCUT2D eigenvalue weighted by atomic mass is 10.1. The Morgan fingerprint density at radius 1 is 1.36 bits per heavy atom. The Morgan fingerprint density at radius 2 is 1.93 bits per heavy atom. The third-order valence-corrected chi connectivity index (χ3v) is 2.19. The van der Waals surface area contributed by atoms with E-state index in [9.17, 15) is 0 Å². The Balaban J connectivity index is 2.77. The van der Waals surface area contributed by atoms with Crippen molar-refractivity contribution in [1.82, 2.24) is 0 Å². The summed E-state index contributed by atoms with van der Waals surface area (Å²) in [6, 6.07) is 7.92. The lowest BCUT2D eigenvalue weighted by Crippen LogP contribution is -2.41. The first kappa shape index (κ1) is 10.9. The fourth-order valence-corrected chi connectivity index (χ4v) is 1.34. The van der Waals surface area contributed by atoms with E-state index < -0.39 is 0 Å². The van der Waals surface area contributed by atoms with Crippen LogP contribution in [0.15, 0.2) is 24.3 Å². The monoisotopic (exact) mass is 209 g/mol. The Hall–Kier alpha value is -1.13. The molecule has 0 atom stereocenters. The number of nitrogens with zero attached hydrogens (tertiary/aromatic N) is 1. The molecule has 4 N–H and O–H groups in total. The van der Waals surface area contributed by atoms with Crippen LogP contribution in [-0.2, 0) is 6.42 Å². The van der Waals surface area contributed by atoms with Crippen molar-refractivity contribution in [1.29, 1.82) is 0 Å². The Morgan fingerprint density at radius 3 is 2.36 bits per heavy atom. The molecule has 0 radical (unpaired) electrons. The van der Waals surface area contributed by atoms with E-state index >= 15 is 0 Å². The zero-order valence-electron chi connectivity index (χ0n) is 8.23. The van der Waals surface area contributed by atoms with Gasteiger partial charge in [0.1, 0.15) is 0 Å². The topological polar surface area (TPSA) is 55.3 Å². The predicted octanol–water partition coefficient (Wildman–Crippen LogP) is 1.56. The number of nitrogens with two attached hydrogens (primary N) is 2. The Bertz CT molecular complexity index is 308. The average molecular weight is 209 g/mol. The zero-order chi connectivity index (χ0) is 10.6. The number of thiocarbonyl (C=S) groups is 1. The molecule has 0 aromatic heterocycles. The SMILES string of the molecule is CCCc1ccc(N(N)C(N)=S)cc1. The van der Waals surface area contributed by atoms with Crippen LogP contribution in [0.25, 0.3) is 0 Å². The predicted molar refractivity (Wildman–Crippen MR) is 63.9 cm³/mol. The quantitative estimate of drug-likeness (QED) is 0.450. The lowest BCUT2D eigenvalue weighted by Gasteiger charge is -2.16. The van der Waals surface area contributed by atoms with Crippen molar-refractivity contribution in [2.24, 2.45) is 11.6 Å². The molecular weight excluding hydrogens is 194 g/mol. The van der Waals surface area contributed by atoms with E-state index in [2.05, 4.69) is 6.92 Å². The van der Waals surface area contributed by atoms with Crippen LogP contribution in [0, 0.1) is 0 Å². The highest BCUT2D eigenvalue weighted by molar-refractivity contribution is 7.80. The Labute approximate surface area is 89.7 Å². The summed E-state index contributed by atoms with van der Waals surface area (Å²) in [4.78, 5) is 0. The zero-order valence-corrected chi connectivity index (χ0v) is 9.05. The van der Waals surface area contributed by atoms with E-state index in [4.69, 9.17) is 23.8 Å². The van der Waals surface area contributed by atoms with Gasteiger partial charge in [-0.15, -0.1) is 0 Å². The van der Waals surface area contributed by atoms with Gasteiger partial charge in [-0.3, -0.25) is 5.01 Å². The van der Waals surface area contributed by atoms with Crippen LogP contribution in [0.1, 0.15) is 18.9 Å². The minimum Gasteiger partial charge on any atom is -0.375 e. The number of hydrazine groups is 1. The van der Waals surface area contributed by atoms with Gasteiger partial charge in [0.2, 0.25) is 0 Å². The highest BCUT2D eigenvalue weighted by atomic mass is 32.1. The molecule has 14 heavy (non-hydrogen) atoms. The standard InChI is InChI=1S/C10H15N3S/c1-2-3-8-4-6-9(7-5-8)13(12)10(11)14/h4-7H,2-3,12H2,1H3,(H2,11,14). The number of aryl methyl sites for hydroxylation is 1. The van der Waals surface area contributed by atoms with Gasteiger partial charge in [0.05, 0.1) is 5.69 Å². The number of anilines is 1. The highest BCUT2D eigenvalue weighted by Gasteiger charge is 2.02.